The van der Waals surface area contributed by atoms with E-state index in [9.17, 15) is 4.79 Å². The van der Waals surface area contributed by atoms with Gasteiger partial charge < -0.3 is 10.1 Å². The van der Waals surface area contributed by atoms with E-state index in [0.717, 1.165) is 16.9 Å². The van der Waals surface area contributed by atoms with Crippen LogP contribution in [0.25, 0.3) is 0 Å². The first kappa shape index (κ1) is 14.1. The Labute approximate surface area is 132 Å². The summed E-state index contributed by atoms with van der Waals surface area (Å²) in [6.07, 6.45) is 0. The third kappa shape index (κ3) is 2.95. The minimum absolute atomic E-state index is 0.00764. The predicted molar refractivity (Wildman–Crippen MR) is 85.8 cm³/mol. The first-order valence-corrected chi connectivity index (χ1v) is 8.04. The molecule has 21 heavy (non-hydrogen) atoms. The number of fused-ring (bicyclic) bond motifs is 1. The minimum Gasteiger partial charge on any atom is -0.492 e. The van der Waals surface area contributed by atoms with Gasteiger partial charge in [0.25, 0.3) is 0 Å². The van der Waals surface area contributed by atoms with Crippen molar-refractivity contribution in [1.82, 2.24) is 5.32 Å². The number of hydrogen-bond donors (Lipinski definition) is 1. The molecule has 2 aromatic rings. The fourth-order valence-electron chi connectivity index (χ4n) is 2.55. The maximum Gasteiger partial charge on any atom is 0.231 e. The zero-order valence-electron chi connectivity index (χ0n) is 11.5. The van der Waals surface area contributed by atoms with Gasteiger partial charge in [-0.3, -0.25) is 4.79 Å². The number of carbonyl (C=O) groups is 1. The van der Waals surface area contributed by atoms with Gasteiger partial charge >= 0.3 is 0 Å². The molecule has 0 saturated carbocycles. The predicted octanol–water partition coefficient (Wildman–Crippen LogP) is 3.42. The first-order valence-electron chi connectivity index (χ1n) is 6.92. The third-order valence-corrected chi connectivity index (χ3v) is 4.34. The van der Waals surface area contributed by atoms with E-state index in [1.54, 1.807) is 0 Å². The summed E-state index contributed by atoms with van der Waals surface area (Å²) in [5.74, 6) is 0.590. The molecule has 3 rings (SSSR count). The number of ether oxygens (including phenoxy) is 1. The second-order valence-corrected chi connectivity index (χ2v) is 5.68. The molecular formula is C17H16BrNO2. The highest BCUT2D eigenvalue weighted by Crippen LogP contribution is 2.34. The molecule has 0 aromatic heterocycles. The molecule has 1 N–H and O–H groups in total. The Kier molecular flexibility index (Phi) is 4.25. The van der Waals surface area contributed by atoms with Crippen LogP contribution in [0.3, 0.4) is 0 Å². The van der Waals surface area contributed by atoms with Crippen molar-refractivity contribution in [1.29, 1.82) is 0 Å². The summed E-state index contributed by atoms with van der Waals surface area (Å²) in [6.45, 7) is 0.412. The number of benzene rings is 2. The van der Waals surface area contributed by atoms with Crippen LogP contribution >= 0.6 is 15.9 Å². The van der Waals surface area contributed by atoms with Crippen LogP contribution in [-0.2, 0) is 4.79 Å². The average molecular weight is 346 g/mol. The second-order valence-electron chi connectivity index (χ2n) is 5.03. The van der Waals surface area contributed by atoms with Gasteiger partial charge in [-0.15, -0.1) is 0 Å². The molecule has 3 nitrogen and oxygen atoms in total. The van der Waals surface area contributed by atoms with Gasteiger partial charge in [-0.25, -0.2) is 0 Å². The Morgan fingerprint density at radius 2 is 1.90 bits per heavy atom. The molecule has 0 aliphatic carbocycles. The molecule has 1 aliphatic heterocycles. The lowest BCUT2D eigenvalue weighted by atomic mass is 9.99. The highest BCUT2D eigenvalue weighted by Gasteiger charge is 2.31. The number of nitrogens with one attached hydrogen (secondary N) is 1. The quantitative estimate of drug-likeness (QED) is 0.862. The van der Waals surface area contributed by atoms with Crippen molar-refractivity contribution in [3.63, 3.8) is 0 Å². The van der Waals surface area contributed by atoms with Crippen molar-refractivity contribution in [3.8, 4) is 5.75 Å². The minimum atomic E-state index is -0.230. The smallest absolute Gasteiger partial charge is 0.231 e. The molecule has 2 aromatic carbocycles. The molecule has 1 heterocycles. The van der Waals surface area contributed by atoms with Crippen LogP contribution in [0.15, 0.2) is 54.6 Å². The molecule has 0 saturated heterocycles. The van der Waals surface area contributed by atoms with Crippen LogP contribution in [-0.4, -0.2) is 17.8 Å². The molecular weight excluding hydrogens is 330 g/mol. The van der Waals surface area contributed by atoms with Gasteiger partial charge in [0.2, 0.25) is 5.91 Å². The maximum atomic E-state index is 12.5. The van der Waals surface area contributed by atoms with Gasteiger partial charge in [0, 0.05) is 10.9 Å². The molecule has 2 unspecified atom stereocenters. The fraction of sp³-hybridized carbons (Fsp3) is 0.235. The monoisotopic (exact) mass is 345 g/mol. The van der Waals surface area contributed by atoms with Crippen molar-refractivity contribution >= 4 is 21.8 Å². The van der Waals surface area contributed by atoms with E-state index in [2.05, 4.69) is 21.2 Å². The van der Waals surface area contributed by atoms with Gasteiger partial charge in [-0.2, -0.15) is 0 Å². The van der Waals surface area contributed by atoms with Gasteiger partial charge in [0.15, 0.2) is 0 Å². The molecule has 0 radical (unpaired) electrons. The Bertz CT molecular complexity index is 630. The van der Waals surface area contributed by atoms with Crippen LogP contribution in [0.2, 0.25) is 0 Å². The lowest BCUT2D eigenvalue weighted by molar-refractivity contribution is -0.123. The molecule has 0 bridgehead atoms. The normalized spacial score (nSPS) is 17.7. The van der Waals surface area contributed by atoms with Crippen molar-refractivity contribution in [2.75, 3.05) is 11.9 Å². The lowest BCUT2D eigenvalue weighted by Gasteiger charge is -2.19. The summed E-state index contributed by atoms with van der Waals surface area (Å²) in [5.41, 5.74) is 2.06. The number of amides is 1. The lowest BCUT2D eigenvalue weighted by Crippen LogP contribution is -2.34. The van der Waals surface area contributed by atoms with Gasteiger partial charge in [-0.05, 0) is 11.6 Å². The van der Waals surface area contributed by atoms with Crippen LogP contribution in [0.4, 0.5) is 0 Å². The molecule has 2 atom stereocenters. The third-order valence-electron chi connectivity index (χ3n) is 3.69. The van der Waals surface area contributed by atoms with Gasteiger partial charge in [-0.1, -0.05) is 64.5 Å². The van der Waals surface area contributed by atoms with Crippen LogP contribution < -0.4 is 10.1 Å². The van der Waals surface area contributed by atoms with E-state index < -0.39 is 0 Å². The van der Waals surface area contributed by atoms with Gasteiger partial charge in [0.1, 0.15) is 18.3 Å². The van der Waals surface area contributed by atoms with Crippen molar-refractivity contribution in [2.24, 2.45) is 0 Å². The average Bonchev–Trinajstić information content (AvgIpc) is 2.97. The first-order chi connectivity index (χ1) is 10.3. The Balaban J connectivity index is 1.75. The molecule has 0 spiro atoms. The standard InChI is InChI=1S/C17H16BrNO2/c18-10-15(12-6-2-1-3-7-12)19-17(20)14-11-21-16-9-5-4-8-13(14)16/h1-9,14-15H,10-11H2,(H,19,20). The van der Waals surface area contributed by atoms with E-state index >= 15 is 0 Å². The number of para-hydroxylation sites is 1. The van der Waals surface area contributed by atoms with Crippen molar-refractivity contribution in [2.45, 2.75) is 12.0 Å². The number of alkyl halides is 1. The highest BCUT2D eigenvalue weighted by atomic mass is 79.9. The van der Waals surface area contributed by atoms with Crippen LogP contribution in [0.5, 0.6) is 5.75 Å². The topological polar surface area (TPSA) is 38.3 Å². The molecule has 1 amide bonds. The Morgan fingerprint density at radius 3 is 2.67 bits per heavy atom. The zero-order chi connectivity index (χ0) is 14.7. The van der Waals surface area contributed by atoms with E-state index in [1.807, 2.05) is 54.6 Å². The van der Waals surface area contributed by atoms with E-state index in [-0.39, 0.29) is 17.9 Å². The zero-order valence-corrected chi connectivity index (χ0v) is 13.0. The summed E-state index contributed by atoms with van der Waals surface area (Å²) >= 11 is 3.48. The molecule has 108 valence electrons. The fourth-order valence-corrected chi connectivity index (χ4v) is 3.08. The van der Waals surface area contributed by atoms with Crippen molar-refractivity contribution in [3.05, 3.63) is 65.7 Å². The van der Waals surface area contributed by atoms with Crippen LogP contribution in [0.1, 0.15) is 23.1 Å². The van der Waals surface area contributed by atoms with E-state index in [1.165, 1.54) is 0 Å². The van der Waals surface area contributed by atoms with Crippen molar-refractivity contribution < 1.29 is 9.53 Å². The van der Waals surface area contributed by atoms with Crippen LogP contribution in [0, 0.1) is 0 Å². The number of carbonyl (C=O) groups excluding carboxylic acids is 1. The molecule has 4 heteroatoms. The maximum absolute atomic E-state index is 12.5. The number of hydrogen-bond acceptors (Lipinski definition) is 2. The summed E-state index contributed by atoms with van der Waals surface area (Å²) in [4.78, 5) is 12.5. The SMILES string of the molecule is O=C(NC(CBr)c1ccccc1)C1COc2ccccc21. The van der Waals surface area contributed by atoms with E-state index in [0.29, 0.717) is 11.9 Å². The Hall–Kier alpha value is -1.81. The number of rotatable bonds is 4. The summed E-state index contributed by atoms with van der Waals surface area (Å²) in [5, 5.41) is 3.78. The number of halogens is 1. The van der Waals surface area contributed by atoms with Gasteiger partial charge in [0.05, 0.1) is 6.04 Å². The highest BCUT2D eigenvalue weighted by molar-refractivity contribution is 9.09. The summed E-state index contributed by atoms with van der Waals surface area (Å²) in [7, 11) is 0. The molecule has 1 aliphatic rings. The molecule has 0 fully saturated rings. The largest absolute Gasteiger partial charge is 0.492 e. The Morgan fingerprint density at radius 1 is 1.19 bits per heavy atom. The summed E-state index contributed by atoms with van der Waals surface area (Å²) < 4.78 is 5.58. The van der Waals surface area contributed by atoms with E-state index in [4.69, 9.17) is 4.74 Å². The summed E-state index contributed by atoms with van der Waals surface area (Å²) in [6, 6.07) is 17.6. The second kappa shape index (κ2) is 6.31.